The van der Waals surface area contributed by atoms with Crippen molar-refractivity contribution >= 4 is 11.6 Å². The Bertz CT molecular complexity index is 860. The van der Waals surface area contributed by atoms with E-state index in [1.165, 1.54) is 12.1 Å². The third kappa shape index (κ3) is 4.58. The second-order valence-electron chi connectivity index (χ2n) is 7.80. The summed E-state index contributed by atoms with van der Waals surface area (Å²) in [5, 5.41) is 0. The molecule has 4 nitrogen and oxygen atoms in total. The van der Waals surface area contributed by atoms with Gasteiger partial charge in [-0.05, 0) is 42.7 Å². The van der Waals surface area contributed by atoms with E-state index in [-0.39, 0.29) is 29.5 Å². The Hall–Kier alpha value is -2.47. The molecule has 2 aliphatic heterocycles. The normalized spacial score (nSPS) is 22.1. The highest BCUT2D eigenvalue weighted by molar-refractivity contribution is 5.76. The number of ether oxygens (including phenoxy) is 1. The van der Waals surface area contributed by atoms with E-state index in [9.17, 15) is 13.6 Å². The number of likely N-dealkylation sites (tertiary alicyclic amines) is 1. The first kappa shape index (κ1) is 19.8. The highest BCUT2D eigenvalue weighted by atomic mass is 19.1. The molecular formula is C23H26F2N2O2. The molecule has 0 aliphatic carbocycles. The minimum Gasteiger partial charge on any atom is -0.379 e. The Morgan fingerprint density at radius 1 is 1.10 bits per heavy atom. The number of carbonyl (C=O) groups is 1. The van der Waals surface area contributed by atoms with E-state index in [1.54, 1.807) is 30.3 Å². The number of nitrogens with zero attached hydrogens (tertiary/aromatic N) is 2. The van der Waals surface area contributed by atoms with Crippen LogP contribution in [0.2, 0.25) is 0 Å². The van der Waals surface area contributed by atoms with Gasteiger partial charge in [0.1, 0.15) is 11.6 Å². The zero-order chi connectivity index (χ0) is 20.2. The Morgan fingerprint density at radius 2 is 1.97 bits per heavy atom. The van der Waals surface area contributed by atoms with E-state index in [4.69, 9.17) is 4.74 Å². The number of amides is 1. The standard InChI is InChI=1S/C23H26F2N2O2/c24-19-5-3-6-20(14-19)27-12-13-29-16-18-15-26(11-10-22(18)27)23(28)9-8-17-4-1-2-7-21(17)25/h1-7,14,18,22H,8-13,15-16H2/t18-,22+/m1/s1. The highest BCUT2D eigenvalue weighted by Gasteiger charge is 2.36. The number of anilines is 1. The summed E-state index contributed by atoms with van der Waals surface area (Å²) in [7, 11) is 0. The van der Waals surface area contributed by atoms with Gasteiger partial charge >= 0.3 is 0 Å². The minimum atomic E-state index is -0.262. The first-order chi connectivity index (χ1) is 14.1. The number of benzene rings is 2. The van der Waals surface area contributed by atoms with Crippen LogP contribution >= 0.6 is 0 Å². The predicted molar refractivity (Wildman–Crippen MR) is 108 cm³/mol. The number of rotatable bonds is 4. The quantitative estimate of drug-likeness (QED) is 0.786. The van der Waals surface area contributed by atoms with Crippen molar-refractivity contribution in [3.8, 4) is 0 Å². The molecule has 0 bridgehead atoms. The van der Waals surface area contributed by atoms with Crippen molar-refractivity contribution < 1.29 is 18.3 Å². The van der Waals surface area contributed by atoms with E-state index >= 15 is 0 Å². The van der Waals surface area contributed by atoms with E-state index in [0.717, 1.165) is 12.1 Å². The Labute approximate surface area is 170 Å². The van der Waals surface area contributed by atoms with Crippen LogP contribution in [0, 0.1) is 17.6 Å². The van der Waals surface area contributed by atoms with Crippen LogP contribution in [-0.4, -0.2) is 49.7 Å². The summed E-state index contributed by atoms with van der Waals surface area (Å²) in [6.07, 6.45) is 1.52. The lowest BCUT2D eigenvalue weighted by Crippen LogP contribution is -2.53. The number of hydrogen-bond acceptors (Lipinski definition) is 3. The molecule has 0 radical (unpaired) electrons. The van der Waals surface area contributed by atoms with Crippen molar-refractivity contribution in [2.24, 2.45) is 5.92 Å². The molecule has 29 heavy (non-hydrogen) atoms. The number of halogens is 2. The molecule has 2 saturated heterocycles. The van der Waals surface area contributed by atoms with E-state index in [2.05, 4.69) is 4.90 Å². The zero-order valence-corrected chi connectivity index (χ0v) is 16.4. The first-order valence-corrected chi connectivity index (χ1v) is 10.2. The summed E-state index contributed by atoms with van der Waals surface area (Å²) in [4.78, 5) is 16.8. The predicted octanol–water partition coefficient (Wildman–Crippen LogP) is 3.65. The Balaban J connectivity index is 1.41. The third-order valence-corrected chi connectivity index (χ3v) is 5.96. The maximum atomic E-state index is 13.8. The van der Waals surface area contributed by atoms with Crippen molar-refractivity contribution in [2.75, 3.05) is 37.7 Å². The number of hydrogen-bond donors (Lipinski definition) is 0. The van der Waals surface area contributed by atoms with Gasteiger partial charge in [0.25, 0.3) is 0 Å². The number of aryl methyl sites for hydroxylation is 1. The molecule has 0 saturated carbocycles. The van der Waals surface area contributed by atoms with Crippen LogP contribution in [0.5, 0.6) is 0 Å². The van der Waals surface area contributed by atoms with Crippen molar-refractivity contribution in [2.45, 2.75) is 25.3 Å². The monoisotopic (exact) mass is 400 g/mol. The van der Waals surface area contributed by atoms with E-state index in [0.29, 0.717) is 51.3 Å². The van der Waals surface area contributed by atoms with Gasteiger partial charge in [-0.3, -0.25) is 4.79 Å². The maximum Gasteiger partial charge on any atom is 0.222 e. The summed E-state index contributed by atoms with van der Waals surface area (Å²) in [6.45, 7) is 3.17. The third-order valence-electron chi connectivity index (χ3n) is 5.96. The molecule has 2 atom stereocenters. The molecule has 2 aliphatic rings. The van der Waals surface area contributed by atoms with E-state index < -0.39 is 0 Å². The van der Waals surface area contributed by atoms with Gasteiger partial charge in [0.2, 0.25) is 5.91 Å². The van der Waals surface area contributed by atoms with E-state index in [1.807, 2.05) is 11.0 Å². The number of piperidine rings is 1. The first-order valence-electron chi connectivity index (χ1n) is 10.2. The molecule has 154 valence electrons. The van der Waals surface area contributed by atoms with Gasteiger partial charge in [-0.25, -0.2) is 8.78 Å². The summed E-state index contributed by atoms with van der Waals surface area (Å²) in [6, 6.07) is 13.5. The fourth-order valence-electron chi connectivity index (χ4n) is 4.46. The summed E-state index contributed by atoms with van der Waals surface area (Å²) >= 11 is 0. The lowest BCUT2D eigenvalue weighted by atomic mass is 9.90. The van der Waals surface area contributed by atoms with Crippen LogP contribution in [0.25, 0.3) is 0 Å². The summed E-state index contributed by atoms with van der Waals surface area (Å²) in [5.74, 6) is -0.285. The van der Waals surface area contributed by atoms with Gasteiger partial charge in [-0.2, -0.15) is 0 Å². The molecule has 2 heterocycles. The molecule has 0 N–H and O–H groups in total. The van der Waals surface area contributed by atoms with Crippen LogP contribution in [0.1, 0.15) is 18.4 Å². The summed E-state index contributed by atoms with van der Waals surface area (Å²) < 4.78 is 33.3. The molecule has 2 aromatic rings. The van der Waals surface area contributed by atoms with Gasteiger partial charge in [-0.15, -0.1) is 0 Å². The van der Waals surface area contributed by atoms with Crippen LogP contribution in [0.15, 0.2) is 48.5 Å². The van der Waals surface area contributed by atoms with Crippen molar-refractivity contribution in [1.82, 2.24) is 4.90 Å². The van der Waals surface area contributed by atoms with Crippen LogP contribution in [-0.2, 0) is 16.0 Å². The van der Waals surface area contributed by atoms with Gasteiger partial charge in [-0.1, -0.05) is 24.3 Å². The summed E-state index contributed by atoms with van der Waals surface area (Å²) in [5.41, 5.74) is 1.44. The molecular weight excluding hydrogens is 374 g/mol. The Morgan fingerprint density at radius 3 is 2.79 bits per heavy atom. The van der Waals surface area contributed by atoms with Crippen molar-refractivity contribution in [1.29, 1.82) is 0 Å². The topological polar surface area (TPSA) is 32.8 Å². The molecule has 0 unspecified atom stereocenters. The lowest BCUT2D eigenvalue weighted by molar-refractivity contribution is -0.133. The van der Waals surface area contributed by atoms with Gasteiger partial charge in [0, 0.05) is 43.7 Å². The molecule has 6 heteroatoms. The average Bonchev–Trinajstić information content (AvgIpc) is 2.95. The molecule has 0 spiro atoms. The van der Waals surface area contributed by atoms with Crippen LogP contribution in [0.3, 0.4) is 0 Å². The van der Waals surface area contributed by atoms with Crippen LogP contribution < -0.4 is 4.90 Å². The van der Waals surface area contributed by atoms with Crippen LogP contribution in [0.4, 0.5) is 14.5 Å². The lowest BCUT2D eigenvalue weighted by Gasteiger charge is -2.43. The maximum absolute atomic E-state index is 13.8. The van der Waals surface area contributed by atoms with Gasteiger partial charge < -0.3 is 14.5 Å². The molecule has 4 rings (SSSR count). The molecule has 0 aromatic heterocycles. The second-order valence-corrected chi connectivity index (χ2v) is 7.80. The molecule has 2 fully saturated rings. The molecule has 2 aromatic carbocycles. The second kappa shape index (κ2) is 8.91. The highest BCUT2D eigenvalue weighted by Crippen LogP contribution is 2.30. The largest absolute Gasteiger partial charge is 0.379 e. The number of fused-ring (bicyclic) bond motifs is 1. The SMILES string of the molecule is O=C(CCc1ccccc1F)N1CC[C@H]2[C@@H](COCCN2c2cccc(F)c2)C1. The minimum absolute atomic E-state index is 0.0493. The average molecular weight is 400 g/mol. The number of carbonyl (C=O) groups excluding carboxylic acids is 1. The zero-order valence-electron chi connectivity index (χ0n) is 16.4. The fourth-order valence-corrected chi connectivity index (χ4v) is 4.46. The van der Waals surface area contributed by atoms with Crippen molar-refractivity contribution in [3.05, 3.63) is 65.7 Å². The van der Waals surface area contributed by atoms with Crippen molar-refractivity contribution in [3.63, 3.8) is 0 Å². The van der Waals surface area contributed by atoms with Gasteiger partial charge in [0.15, 0.2) is 0 Å². The smallest absolute Gasteiger partial charge is 0.222 e. The van der Waals surface area contributed by atoms with Gasteiger partial charge in [0.05, 0.1) is 13.2 Å². The Kier molecular flexibility index (Phi) is 6.09. The molecule has 1 amide bonds. The fraction of sp³-hybridized carbons (Fsp3) is 0.435.